The van der Waals surface area contributed by atoms with Crippen molar-refractivity contribution in [2.75, 3.05) is 32.7 Å². The van der Waals surface area contributed by atoms with Gasteiger partial charge in [-0.15, -0.1) is 0 Å². The molecule has 1 fully saturated rings. The summed E-state index contributed by atoms with van der Waals surface area (Å²) in [4.78, 5) is 2.17. The van der Waals surface area contributed by atoms with Gasteiger partial charge < -0.3 is 10.2 Å². The van der Waals surface area contributed by atoms with Crippen LogP contribution in [0.4, 0.5) is 13.2 Å². The fourth-order valence-corrected chi connectivity index (χ4v) is 2.37. The van der Waals surface area contributed by atoms with E-state index in [4.69, 9.17) is 0 Å². The standard InChI is InChI=1S/C13H25F3N2/c1-2-7-17-8-3-4-9-18-10-5-12(6-11-18)13(14,15)16/h12,17H,2-11H2,1H3. The van der Waals surface area contributed by atoms with Crippen LogP contribution in [0.1, 0.15) is 39.0 Å². The lowest BCUT2D eigenvalue weighted by molar-refractivity contribution is -0.185. The van der Waals surface area contributed by atoms with Gasteiger partial charge in [0.05, 0.1) is 5.92 Å². The van der Waals surface area contributed by atoms with Gasteiger partial charge in [0.25, 0.3) is 0 Å². The molecule has 0 radical (unpaired) electrons. The third kappa shape index (κ3) is 6.05. The highest BCUT2D eigenvalue weighted by molar-refractivity contribution is 4.76. The molecule has 1 heterocycles. The van der Waals surface area contributed by atoms with E-state index in [9.17, 15) is 13.2 Å². The van der Waals surface area contributed by atoms with Gasteiger partial charge in [-0.05, 0) is 64.8 Å². The summed E-state index contributed by atoms with van der Waals surface area (Å²) >= 11 is 0. The summed E-state index contributed by atoms with van der Waals surface area (Å²) in [5.74, 6) is -1.07. The van der Waals surface area contributed by atoms with E-state index in [1.807, 2.05) is 0 Å². The van der Waals surface area contributed by atoms with Gasteiger partial charge in [-0.3, -0.25) is 0 Å². The van der Waals surface area contributed by atoms with E-state index >= 15 is 0 Å². The van der Waals surface area contributed by atoms with Crippen molar-refractivity contribution in [2.45, 2.75) is 45.2 Å². The molecule has 1 aliphatic heterocycles. The molecule has 2 nitrogen and oxygen atoms in total. The zero-order valence-corrected chi connectivity index (χ0v) is 11.2. The average molecular weight is 266 g/mol. The van der Waals surface area contributed by atoms with Crippen LogP contribution in [0.5, 0.6) is 0 Å². The van der Waals surface area contributed by atoms with E-state index in [1.54, 1.807) is 0 Å². The zero-order chi connectivity index (χ0) is 13.4. The van der Waals surface area contributed by atoms with Crippen LogP contribution >= 0.6 is 0 Å². The Bertz CT molecular complexity index is 211. The topological polar surface area (TPSA) is 15.3 Å². The molecule has 0 aromatic rings. The van der Waals surface area contributed by atoms with Crippen molar-refractivity contribution in [1.82, 2.24) is 10.2 Å². The first-order valence-corrected chi connectivity index (χ1v) is 7.04. The predicted molar refractivity (Wildman–Crippen MR) is 67.6 cm³/mol. The number of unbranched alkanes of at least 4 members (excludes halogenated alkanes) is 1. The van der Waals surface area contributed by atoms with Gasteiger partial charge in [0.1, 0.15) is 0 Å². The molecule has 108 valence electrons. The van der Waals surface area contributed by atoms with Crippen molar-refractivity contribution >= 4 is 0 Å². The number of rotatable bonds is 7. The minimum atomic E-state index is -3.99. The highest BCUT2D eigenvalue weighted by atomic mass is 19.4. The lowest BCUT2D eigenvalue weighted by Gasteiger charge is -2.32. The summed E-state index contributed by atoms with van der Waals surface area (Å²) in [5, 5.41) is 3.33. The van der Waals surface area contributed by atoms with Gasteiger partial charge in [0, 0.05) is 0 Å². The second-order valence-electron chi connectivity index (χ2n) is 5.11. The maximum absolute atomic E-state index is 12.5. The summed E-state index contributed by atoms with van der Waals surface area (Å²) in [6.45, 7) is 6.36. The van der Waals surface area contributed by atoms with E-state index < -0.39 is 12.1 Å². The maximum atomic E-state index is 12.5. The molecule has 1 rings (SSSR count). The number of alkyl halides is 3. The van der Waals surface area contributed by atoms with Gasteiger partial charge in [0.15, 0.2) is 0 Å². The summed E-state index contributed by atoms with van der Waals surface area (Å²) in [6, 6.07) is 0. The van der Waals surface area contributed by atoms with E-state index in [-0.39, 0.29) is 12.8 Å². The molecule has 0 atom stereocenters. The molecule has 0 saturated carbocycles. The SMILES string of the molecule is CCCNCCCCN1CCC(C(F)(F)F)CC1. The van der Waals surface area contributed by atoms with Gasteiger partial charge in [-0.25, -0.2) is 0 Å². The summed E-state index contributed by atoms with van der Waals surface area (Å²) in [7, 11) is 0. The molecular formula is C13H25F3N2. The van der Waals surface area contributed by atoms with E-state index in [0.717, 1.165) is 38.9 Å². The first kappa shape index (κ1) is 15.8. The average Bonchev–Trinajstić information content (AvgIpc) is 2.33. The van der Waals surface area contributed by atoms with Crippen LogP contribution in [0.25, 0.3) is 0 Å². The molecule has 0 aromatic heterocycles. The lowest BCUT2D eigenvalue weighted by Crippen LogP contribution is -2.39. The highest BCUT2D eigenvalue weighted by Gasteiger charge is 2.40. The quantitative estimate of drug-likeness (QED) is 0.713. The number of hydrogen-bond acceptors (Lipinski definition) is 2. The monoisotopic (exact) mass is 266 g/mol. The third-order valence-corrected chi connectivity index (χ3v) is 3.56. The van der Waals surface area contributed by atoms with Crippen molar-refractivity contribution in [2.24, 2.45) is 5.92 Å². The number of likely N-dealkylation sites (tertiary alicyclic amines) is 1. The Balaban J connectivity index is 2.02. The van der Waals surface area contributed by atoms with Crippen molar-refractivity contribution in [3.05, 3.63) is 0 Å². The fraction of sp³-hybridized carbons (Fsp3) is 1.00. The molecule has 5 heteroatoms. The lowest BCUT2D eigenvalue weighted by atomic mass is 9.96. The van der Waals surface area contributed by atoms with Crippen LogP contribution in [0.15, 0.2) is 0 Å². The minimum absolute atomic E-state index is 0.275. The largest absolute Gasteiger partial charge is 0.391 e. The minimum Gasteiger partial charge on any atom is -0.317 e. The molecule has 0 aliphatic carbocycles. The van der Waals surface area contributed by atoms with E-state index in [2.05, 4.69) is 17.1 Å². The van der Waals surface area contributed by atoms with Crippen LogP contribution in [0, 0.1) is 5.92 Å². The number of nitrogens with zero attached hydrogens (tertiary/aromatic N) is 1. The molecule has 0 bridgehead atoms. The second kappa shape index (κ2) is 8.00. The summed E-state index contributed by atoms with van der Waals surface area (Å²) in [5.41, 5.74) is 0. The Hall–Kier alpha value is -0.290. The van der Waals surface area contributed by atoms with Crippen LogP contribution in [-0.4, -0.2) is 43.8 Å². The first-order valence-electron chi connectivity index (χ1n) is 7.04. The Kier molecular flexibility index (Phi) is 7.00. The smallest absolute Gasteiger partial charge is 0.317 e. The predicted octanol–water partition coefficient (Wildman–Crippen LogP) is 3.04. The number of piperidine rings is 1. The first-order chi connectivity index (χ1) is 8.54. The van der Waals surface area contributed by atoms with Crippen molar-refractivity contribution in [3.63, 3.8) is 0 Å². The second-order valence-corrected chi connectivity index (χ2v) is 5.11. The number of halogens is 3. The third-order valence-electron chi connectivity index (χ3n) is 3.56. The molecule has 1 aliphatic rings. The van der Waals surface area contributed by atoms with E-state index in [0.29, 0.717) is 13.1 Å². The van der Waals surface area contributed by atoms with E-state index in [1.165, 1.54) is 0 Å². The van der Waals surface area contributed by atoms with Gasteiger partial charge in [-0.2, -0.15) is 13.2 Å². The molecule has 1 N–H and O–H groups in total. The van der Waals surface area contributed by atoms with Crippen LogP contribution in [0.2, 0.25) is 0 Å². The van der Waals surface area contributed by atoms with Gasteiger partial charge in [0.2, 0.25) is 0 Å². The molecule has 18 heavy (non-hydrogen) atoms. The number of hydrogen-bond donors (Lipinski definition) is 1. The van der Waals surface area contributed by atoms with Crippen LogP contribution in [-0.2, 0) is 0 Å². The molecule has 0 aromatic carbocycles. The maximum Gasteiger partial charge on any atom is 0.391 e. The van der Waals surface area contributed by atoms with Crippen molar-refractivity contribution in [3.8, 4) is 0 Å². The van der Waals surface area contributed by atoms with Crippen molar-refractivity contribution in [1.29, 1.82) is 0 Å². The Labute approximate surface area is 108 Å². The zero-order valence-electron chi connectivity index (χ0n) is 11.2. The normalized spacial score (nSPS) is 19.3. The number of nitrogens with one attached hydrogen (secondary N) is 1. The molecule has 0 amide bonds. The van der Waals surface area contributed by atoms with Crippen LogP contribution in [0.3, 0.4) is 0 Å². The molecule has 0 unspecified atom stereocenters. The van der Waals surface area contributed by atoms with Crippen LogP contribution < -0.4 is 5.32 Å². The molecule has 0 spiro atoms. The summed E-state index contributed by atoms with van der Waals surface area (Å²) in [6.07, 6.45) is -0.108. The Morgan fingerprint density at radius 1 is 1.11 bits per heavy atom. The summed E-state index contributed by atoms with van der Waals surface area (Å²) < 4.78 is 37.4. The Morgan fingerprint density at radius 2 is 1.78 bits per heavy atom. The molecule has 1 saturated heterocycles. The van der Waals surface area contributed by atoms with Crippen molar-refractivity contribution < 1.29 is 13.2 Å². The Morgan fingerprint density at radius 3 is 2.33 bits per heavy atom. The molecular weight excluding hydrogens is 241 g/mol. The van der Waals surface area contributed by atoms with Gasteiger partial charge in [-0.1, -0.05) is 6.92 Å². The fourth-order valence-electron chi connectivity index (χ4n) is 2.37. The highest BCUT2D eigenvalue weighted by Crippen LogP contribution is 2.33. The van der Waals surface area contributed by atoms with Gasteiger partial charge >= 0.3 is 6.18 Å².